The van der Waals surface area contributed by atoms with Gasteiger partial charge in [-0.05, 0) is 48.8 Å². The number of benzene rings is 1. The Kier molecular flexibility index (Phi) is 5.20. The van der Waals surface area contributed by atoms with Gasteiger partial charge in [-0.3, -0.25) is 14.3 Å². The van der Waals surface area contributed by atoms with Gasteiger partial charge in [-0.2, -0.15) is 14.7 Å². The first-order chi connectivity index (χ1) is 17.4. The maximum absolute atomic E-state index is 13.2. The van der Waals surface area contributed by atoms with E-state index in [2.05, 4.69) is 22.3 Å². The van der Waals surface area contributed by atoms with Gasteiger partial charge >= 0.3 is 0 Å². The van der Waals surface area contributed by atoms with Crippen LogP contribution in [0.5, 0.6) is 5.75 Å². The topological polar surface area (TPSA) is 107 Å². The molecule has 1 aliphatic carbocycles. The zero-order chi connectivity index (χ0) is 25.0. The van der Waals surface area contributed by atoms with Crippen LogP contribution >= 0.6 is 0 Å². The highest BCUT2D eigenvalue weighted by atomic mass is 16.5. The van der Waals surface area contributed by atoms with E-state index in [4.69, 9.17) is 9.84 Å². The summed E-state index contributed by atoms with van der Waals surface area (Å²) in [5, 5.41) is 12.9. The molecule has 0 radical (unpaired) electrons. The lowest BCUT2D eigenvalue weighted by molar-refractivity contribution is -0.126. The molecule has 4 heterocycles. The third kappa shape index (κ3) is 3.68. The summed E-state index contributed by atoms with van der Waals surface area (Å²) in [6.45, 7) is 3.10. The number of hydrogen-bond acceptors (Lipinski definition) is 6. The molecule has 2 fully saturated rings. The fourth-order valence-corrected chi connectivity index (χ4v) is 6.15. The van der Waals surface area contributed by atoms with Gasteiger partial charge in [0.25, 0.3) is 5.91 Å². The molecule has 3 atom stereocenters. The second-order valence-corrected chi connectivity index (χ2v) is 10.3. The highest BCUT2D eigenvalue weighted by molar-refractivity contribution is 6.08. The molecule has 1 saturated carbocycles. The number of fused-ring (bicyclic) bond motifs is 2. The van der Waals surface area contributed by atoms with Crippen LogP contribution in [0.25, 0.3) is 16.6 Å². The van der Waals surface area contributed by atoms with Crippen molar-refractivity contribution in [2.24, 2.45) is 11.3 Å². The van der Waals surface area contributed by atoms with Crippen molar-refractivity contribution in [3.05, 3.63) is 48.4 Å². The van der Waals surface area contributed by atoms with E-state index >= 15 is 0 Å². The normalized spacial score (nSPS) is 24.2. The minimum Gasteiger partial charge on any atom is -0.496 e. The van der Waals surface area contributed by atoms with E-state index in [9.17, 15) is 9.59 Å². The monoisotopic (exact) mass is 489 g/mol. The molecule has 10 nitrogen and oxygen atoms in total. The number of methoxy groups -OCH3 is 1. The van der Waals surface area contributed by atoms with Crippen LogP contribution in [0.4, 0.5) is 5.82 Å². The van der Waals surface area contributed by atoms with Crippen molar-refractivity contribution in [1.82, 2.24) is 29.3 Å². The molecular formula is C26H31N7O3. The molecule has 188 valence electrons. The summed E-state index contributed by atoms with van der Waals surface area (Å²) < 4.78 is 9.17. The van der Waals surface area contributed by atoms with Crippen molar-refractivity contribution in [2.75, 3.05) is 26.0 Å². The largest absolute Gasteiger partial charge is 0.496 e. The zero-order valence-corrected chi connectivity index (χ0v) is 20.6. The van der Waals surface area contributed by atoms with Crippen LogP contribution in [0.15, 0.2) is 42.9 Å². The van der Waals surface area contributed by atoms with E-state index in [-0.39, 0.29) is 24.7 Å². The van der Waals surface area contributed by atoms with E-state index in [1.807, 2.05) is 41.0 Å². The molecule has 6 rings (SSSR count). The highest BCUT2D eigenvalue weighted by Crippen LogP contribution is 2.49. The van der Waals surface area contributed by atoms with Crippen LogP contribution < -0.4 is 10.1 Å². The van der Waals surface area contributed by atoms with Gasteiger partial charge in [-0.1, -0.05) is 6.92 Å². The quantitative estimate of drug-likeness (QED) is 0.467. The number of aromatic nitrogens is 5. The first-order valence-electron chi connectivity index (χ1n) is 12.3. The number of rotatable bonds is 4. The van der Waals surface area contributed by atoms with Crippen molar-refractivity contribution in [2.45, 2.75) is 38.6 Å². The summed E-state index contributed by atoms with van der Waals surface area (Å²) in [4.78, 5) is 31.6. The predicted octanol–water partition coefficient (Wildman–Crippen LogP) is 3.80. The predicted molar refractivity (Wildman–Crippen MR) is 136 cm³/mol. The van der Waals surface area contributed by atoms with Gasteiger partial charge in [0.05, 0.1) is 30.4 Å². The van der Waals surface area contributed by atoms with Crippen molar-refractivity contribution in [3.63, 3.8) is 0 Å². The lowest BCUT2D eigenvalue weighted by atomic mass is 9.67. The number of carbonyl (C=O) groups excluding carboxylic acids is 2. The number of imidazole rings is 1. The van der Waals surface area contributed by atoms with Crippen LogP contribution in [-0.4, -0.2) is 61.8 Å². The summed E-state index contributed by atoms with van der Waals surface area (Å²) in [5.74, 6) is 1.27. The van der Waals surface area contributed by atoms with E-state index < -0.39 is 0 Å². The number of likely N-dealkylation sites (tertiary alicyclic amines) is 1. The molecule has 0 unspecified atom stereocenters. The van der Waals surface area contributed by atoms with E-state index in [0.29, 0.717) is 35.1 Å². The molecule has 1 spiro atoms. The summed E-state index contributed by atoms with van der Waals surface area (Å²) in [7, 11) is 3.45. The standard InChI is InChI=1S/C26H29N7O3.H2/c1-16-11-26(12-24(34)31(2)15-26)7-6-20(16)32-14-17-9-18(21(36-3)10-19(17)30-32)25(35)29-23-13-27-22-5-4-8-28-33(22)23;/h4-5,8-10,13-14,16,20H,6-7,11-12,15H2,1-3H3,(H,29,35);1H/t16-,20-,26-;/m1./s1. The second-order valence-electron chi connectivity index (χ2n) is 10.3. The maximum atomic E-state index is 13.2. The molecule has 36 heavy (non-hydrogen) atoms. The van der Waals surface area contributed by atoms with Crippen LogP contribution in [0.1, 0.15) is 50.4 Å². The third-order valence-corrected chi connectivity index (χ3v) is 7.85. The van der Waals surface area contributed by atoms with E-state index in [0.717, 1.165) is 36.7 Å². The van der Waals surface area contributed by atoms with Crippen molar-refractivity contribution < 1.29 is 15.8 Å². The molecule has 1 aliphatic heterocycles. The molecule has 3 aromatic heterocycles. The molecular weight excluding hydrogens is 458 g/mol. The summed E-state index contributed by atoms with van der Waals surface area (Å²) in [6.07, 6.45) is 8.89. The fraction of sp³-hybridized carbons (Fsp3) is 0.423. The van der Waals surface area contributed by atoms with Crippen LogP contribution in [0.2, 0.25) is 0 Å². The first kappa shape index (κ1) is 22.5. The number of ether oxygens (including phenoxy) is 1. The van der Waals surface area contributed by atoms with Gasteiger partial charge in [0, 0.05) is 45.3 Å². The lowest BCUT2D eigenvalue weighted by Crippen LogP contribution is -2.35. The third-order valence-electron chi connectivity index (χ3n) is 7.85. The van der Waals surface area contributed by atoms with E-state index in [1.165, 1.54) is 0 Å². The first-order valence-corrected chi connectivity index (χ1v) is 12.3. The van der Waals surface area contributed by atoms with Gasteiger partial charge in [-0.15, -0.1) is 0 Å². The Morgan fingerprint density at radius 2 is 2.19 bits per heavy atom. The van der Waals surface area contributed by atoms with Crippen LogP contribution in [-0.2, 0) is 4.79 Å². The number of nitrogens with zero attached hydrogens (tertiary/aromatic N) is 6. The minimum atomic E-state index is -0.308. The summed E-state index contributed by atoms with van der Waals surface area (Å²) >= 11 is 0. The van der Waals surface area contributed by atoms with Gasteiger partial charge in [-0.25, -0.2) is 4.98 Å². The molecule has 2 amide bonds. The maximum Gasteiger partial charge on any atom is 0.260 e. The Morgan fingerprint density at radius 1 is 1.33 bits per heavy atom. The Labute approximate surface area is 209 Å². The number of carbonyl (C=O) groups is 2. The van der Waals surface area contributed by atoms with Crippen molar-refractivity contribution in [3.8, 4) is 5.75 Å². The Bertz CT molecular complexity index is 1500. The van der Waals surface area contributed by atoms with Gasteiger partial charge in [0.1, 0.15) is 5.75 Å². The Morgan fingerprint density at radius 3 is 2.94 bits per heavy atom. The molecule has 2 aliphatic rings. The SMILES string of the molecule is COc1cc2nn([C@@H]3CC[C@]4(CC(=O)N(C)C4)C[C@H]3C)cc2cc1C(=O)Nc1cnc2cccnn12.[HH]. The van der Waals surface area contributed by atoms with Crippen LogP contribution in [0, 0.1) is 11.3 Å². The fourth-order valence-electron chi connectivity index (χ4n) is 6.15. The summed E-state index contributed by atoms with van der Waals surface area (Å²) in [6, 6.07) is 7.49. The minimum absolute atomic E-state index is 0. The average molecular weight is 490 g/mol. The molecule has 0 bridgehead atoms. The highest BCUT2D eigenvalue weighted by Gasteiger charge is 2.46. The number of amides is 2. The summed E-state index contributed by atoms with van der Waals surface area (Å²) in [5.41, 5.74) is 1.94. The zero-order valence-electron chi connectivity index (χ0n) is 20.6. The number of hydrogen-bond donors (Lipinski definition) is 1. The smallest absolute Gasteiger partial charge is 0.260 e. The molecule has 1 N–H and O–H groups in total. The number of anilines is 1. The van der Waals surface area contributed by atoms with Gasteiger partial charge in [0.15, 0.2) is 11.5 Å². The van der Waals surface area contributed by atoms with Crippen molar-refractivity contribution in [1.29, 1.82) is 0 Å². The molecule has 4 aromatic rings. The lowest BCUT2D eigenvalue weighted by Gasteiger charge is -2.40. The van der Waals surface area contributed by atoms with Crippen molar-refractivity contribution >= 4 is 34.2 Å². The number of nitrogens with one attached hydrogen (secondary N) is 1. The molecule has 10 heteroatoms. The van der Waals surface area contributed by atoms with Crippen LogP contribution in [0.3, 0.4) is 0 Å². The average Bonchev–Trinajstić information content (AvgIpc) is 3.53. The van der Waals surface area contributed by atoms with Gasteiger partial charge < -0.3 is 15.0 Å². The molecule has 1 aromatic carbocycles. The van der Waals surface area contributed by atoms with E-state index in [1.54, 1.807) is 30.1 Å². The second kappa shape index (κ2) is 8.32. The Hall–Kier alpha value is -3.95. The Balaban J connectivity index is 0.00000280. The van der Waals surface area contributed by atoms with Gasteiger partial charge in [0.2, 0.25) is 5.91 Å². The molecule has 1 saturated heterocycles.